The van der Waals surface area contributed by atoms with Crippen molar-refractivity contribution < 1.29 is 9.53 Å². The third-order valence-corrected chi connectivity index (χ3v) is 5.62. The molecule has 9 nitrogen and oxygen atoms in total. The molecule has 1 N–H and O–H groups in total. The standard InChI is InChI=1S/C21H22N6O3S/c1-5-30-15-6-7-16-17(11-15)31-21(22-16)23-20(29)14(4)27-19(28)9-8-18(25-27)26-13(3)10-12(2)24-26/h6-11,14H,5H2,1-4H3,(H,22,23,29). The van der Waals surface area contributed by atoms with Gasteiger partial charge in [-0.3, -0.25) is 9.59 Å². The van der Waals surface area contributed by atoms with Crippen LogP contribution in [0.25, 0.3) is 16.0 Å². The molecule has 1 unspecified atom stereocenters. The molecule has 0 fully saturated rings. The van der Waals surface area contributed by atoms with E-state index in [1.54, 1.807) is 17.7 Å². The molecular weight excluding hydrogens is 416 g/mol. The molecule has 4 rings (SSSR count). The first kappa shape index (κ1) is 20.7. The lowest BCUT2D eigenvalue weighted by Crippen LogP contribution is -2.33. The number of fused-ring (bicyclic) bond motifs is 1. The molecule has 0 saturated carbocycles. The Hall–Kier alpha value is -3.53. The Kier molecular flexibility index (Phi) is 5.55. The van der Waals surface area contributed by atoms with Crippen molar-refractivity contribution >= 4 is 32.6 Å². The van der Waals surface area contributed by atoms with Gasteiger partial charge in [-0.1, -0.05) is 11.3 Å². The first-order valence-electron chi connectivity index (χ1n) is 9.83. The summed E-state index contributed by atoms with van der Waals surface area (Å²) in [4.78, 5) is 29.7. The van der Waals surface area contributed by atoms with Crippen molar-refractivity contribution in [3.63, 3.8) is 0 Å². The molecule has 4 aromatic rings. The van der Waals surface area contributed by atoms with Crippen LogP contribution in [0.5, 0.6) is 5.75 Å². The molecule has 160 valence electrons. The molecule has 10 heteroatoms. The maximum atomic E-state index is 12.8. The number of anilines is 1. The highest BCUT2D eigenvalue weighted by molar-refractivity contribution is 7.22. The molecule has 1 atom stereocenters. The minimum absolute atomic E-state index is 0.376. The van der Waals surface area contributed by atoms with Gasteiger partial charge < -0.3 is 10.1 Å². The molecule has 1 amide bonds. The highest BCUT2D eigenvalue weighted by atomic mass is 32.1. The van der Waals surface area contributed by atoms with Gasteiger partial charge in [0.15, 0.2) is 10.9 Å². The number of aryl methyl sites for hydroxylation is 2. The number of benzene rings is 1. The number of hydrogen-bond donors (Lipinski definition) is 1. The summed E-state index contributed by atoms with van der Waals surface area (Å²) in [6.07, 6.45) is 0. The van der Waals surface area contributed by atoms with Gasteiger partial charge >= 0.3 is 0 Å². The monoisotopic (exact) mass is 438 g/mol. The number of amides is 1. The van der Waals surface area contributed by atoms with Gasteiger partial charge in [0.2, 0.25) is 0 Å². The summed E-state index contributed by atoms with van der Waals surface area (Å²) in [6.45, 7) is 7.89. The Bertz CT molecular complexity index is 1320. The van der Waals surface area contributed by atoms with Gasteiger partial charge in [-0.05, 0) is 58.0 Å². The molecule has 0 bridgehead atoms. The smallest absolute Gasteiger partial charge is 0.267 e. The second-order valence-corrected chi connectivity index (χ2v) is 8.09. The van der Waals surface area contributed by atoms with E-state index in [1.165, 1.54) is 17.4 Å². The van der Waals surface area contributed by atoms with Crippen LogP contribution in [0.3, 0.4) is 0 Å². The molecule has 0 aliphatic heterocycles. The lowest BCUT2D eigenvalue weighted by molar-refractivity contribution is -0.119. The molecule has 31 heavy (non-hydrogen) atoms. The van der Waals surface area contributed by atoms with Crippen LogP contribution in [0.4, 0.5) is 5.13 Å². The zero-order chi connectivity index (χ0) is 22.1. The number of thiazole rings is 1. The van der Waals surface area contributed by atoms with Crippen molar-refractivity contribution in [2.24, 2.45) is 0 Å². The van der Waals surface area contributed by atoms with Crippen molar-refractivity contribution in [1.29, 1.82) is 0 Å². The van der Waals surface area contributed by atoms with E-state index in [2.05, 4.69) is 20.5 Å². The number of nitrogens with one attached hydrogen (secondary N) is 1. The van der Waals surface area contributed by atoms with Gasteiger partial charge in [-0.25, -0.2) is 14.3 Å². The quantitative estimate of drug-likeness (QED) is 0.496. The van der Waals surface area contributed by atoms with E-state index in [4.69, 9.17) is 4.74 Å². The van der Waals surface area contributed by atoms with E-state index < -0.39 is 6.04 Å². The first-order chi connectivity index (χ1) is 14.9. The number of aromatic nitrogens is 5. The van der Waals surface area contributed by atoms with Gasteiger partial charge in [0.1, 0.15) is 11.8 Å². The maximum absolute atomic E-state index is 12.8. The summed E-state index contributed by atoms with van der Waals surface area (Å²) in [5, 5.41) is 12.0. The number of ether oxygens (including phenoxy) is 1. The topological polar surface area (TPSA) is 104 Å². The lowest BCUT2D eigenvalue weighted by Gasteiger charge is -2.14. The van der Waals surface area contributed by atoms with Gasteiger partial charge in [0.25, 0.3) is 11.5 Å². The summed E-state index contributed by atoms with van der Waals surface area (Å²) in [5.74, 6) is 0.833. The Morgan fingerprint density at radius 2 is 2.00 bits per heavy atom. The van der Waals surface area contributed by atoms with Crippen LogP contribution in [-0.4, -0.2) is 37.1 Å². The largest absolute Gasteiger partial charge is 0.494 e. The molecule has 0 spiro atoms. The maximum Gasteiger partial charge on any atom is 0.267 e. The normalized spacial score (nSPS) is 12.1. The van der Waals surface area contributed by atoms with Gasteiger partial charge in [0, 0.05) is 11.8 Å². The predicted molar refractivity (Wildman–Crippen MR) is 119 cm³/mol. The number of carbonyl (C=O) groups excluding carboxylic acids is 1. The molecule has 3 aromatic heterocycles. The molecule has 0 radical (unpaired) electrons. The van der Waals surface area contributed by atoms with Crippen molar-refractivity contribution in [3.8, 4) is 11.6 Å². The third-order valence-electron chi connectivity index (χ3n) is 4.68. The number of nitrogens with zero attached hydrogens (tertiary/aromatic N) is 5. The Morgan fingerprint density at radius 3 is 2.71 bits per heavy atom. The van der Waals surface area contributed by atoms with Crippen LogP contribution in [0.1, 0.15) is 31.3 Å². The van der Waals surface area contributed by atoms with Crippen molar-refractivity contribution in [1.82, 2.24) is 24.5 Å². The van der Waals surface area contributed by atoms with Gasteiger partial charge in [-0.2, -0.15) is 5.10 Å². The van der Waals surface area contributed by atoms with E-state index >= 15 is 0 Å². The van der Waals surface area contributed by atoms with Crippen molar-refractivity contribution in [2.45, 2.75) is 33.7 Å². The van der Waals surface area contributed by atoms with E-state index in [0.717, 1.165) is 32.0 Å². The summed E-state index contributed by atoms with van der Waals surface area (Å²) >= 11 is 1.34. The third kappa shape index (κ3) is 4.19. The molecule has 0 aliphatic carbocycles. The summed E-state index contributed by atoms with van der Waals surface area (Å²) in [5.41, 5.74) is 2.11. The summed E-state index contributed by atoms with van der Waals surface area (Å²) in [6, 6.07) is 9.63. The van der Waals surface area contributed by atoms with Crippen LogP contribution in [-0.2, 0) is 4.79 Å². The van der Waals surface area contributed by atoms with Crippen molar-refractivity contribution in [3.05, 3.63) is 58.1 Å². The lowest BCUT2D eigenvalue weighted by atomic mass is 10.3. The fraction of sp³-hybridized carbons (Fsp3) is 0.286. The highest BCUT2D eigenvalue weighted by Gasteiger charge is 2.20. The molecule has 0 aliphatic rings. The number of carbonyl (C=O) groups is 1. The van der Waals surface area contributed by atoms with E-state index in [1.807, 2.05) is 45.0 Å². The minimum Gasteiger partial charge on any atom is -0.494 e. The van der Waals surface area contributed by atoms with Crippen LogP contribution in [0.15, 0.2) is 41.2 Å². The first-order valence-corrected chi connectivity index (χ1v) is 10.6. The molecule has 0 saturated heterocycles. The fourth-order valence-electron chi connectivity index (χ4n) is 3.20. The Labute approximate surface area is 182 Å². The zero-order valence-corrected chi connectivity index (χ0v) is 18.4. The van der Waals surface area contributed by atoms with Gasteiger partial charge in [0.05, 0.1) is 22.5 Å². The minimum atomic E-state index is -0.838. The zero-order valence-electron chi connectivity index (χ0n) is 17.6. The van der Waals surface area contributed by atoms with E-state index in [-0.39, 0.29) is 11.5 Å². The molecular formula is C21H22N6O3S. The van der Waals surface area contributed by atoms with Crippen molar-refractivity contribution in [2.75, 3.05) is 11.9 Å². The second-order valence-electron chi connectivity index (χ2n) is 7.06. The second kappa shape index (κ2) is 8.31. The summed E-state index contributed by atoms with van der Waals surface area (Å²) < 4.78 is 9.20. The van der Waals surface area contributed by atoms with Crippen LogP contribution >= 0.6 is 11.3 Å². The SMILES string of the molecule is CCOc1ccc2nc(NC(=O)C(C)n3nc(-n4nc(C)cc4C)ccc3=O)sc2c1. The Balaban J connectivity index is 1.58. The van der Waals surface area contributed by atoms with Crippen LogP contribution < -0.4 is 15.6 Å². The highest BCUT2D eigenvalue weighted by Crippen LogP contribution is 2.29. The van der Waals surface area contributed by atoms with Crippen LogP contribution in [0.2, 0.25) is 0 Å². The average molecular weight is 439 g/mol. The molecule has 1 aromatic carbocycles. The number of rotatable bonds is 6. The predicted octanol–water partition coefficient (Wildman–Crippen LogP) is 3.25. The van der Waals surface area contributed by atoms with Gasteiger partial charge in [-0.15, -0.1) is 5.10 Å². The summed E-state index contributed by atoms with van der Waals surface area (Å²) in [7, 11) is 0. The van der Waals surface area contributed by atoms with Crippen LogP contribution in [0, 0.1) is 13.8 Å². The van der Waals surface area contributed by atoms with E-state index in [9.17, 15) is 9.59 Å². The average Bonchev–Trinajstić information content (AvgIpc) is 3.29. The fourth-order valence-corrected chi connectivity index (χ4v) is 4.10. The number of hydrogen-bond acceptors (Lipinski definition) is 7. The Morgan fingerprint density at radius 1 is 1.19 bits per heavy atom. The van der Waals surface area contributed by atoms with E-state index in [0.29, 0.717) is 17.6 Å². The molecule has 3 heterocycles.